The lowest BCUT2D eigenvalue weighted by Gasteiger charge is -2.49. The number of pyridine rings is 1. The lowest BCUT2D eigenvalue weighted by molar-refractivity contribution is 0.0974. The Bertz CT molecular complexity index is 1110. The Morgan fingerprint density at radius 1 is 0.865 bits per heavy atom. The molecule has 3 saturated carbocycles. The Morgan fingerprint density at radius 3 is 2.08 bits per heavy atom. The molecule has 1 aromatic heterocycles. The van der Waals surface area contributed by atoms with Gasteiger partial charge in [0.25, 0.3) is 0 Å². The Hall–Kier alpha value is -1.70. The fraction of sp³-hybridized carbons (Fsp3) is 0.686. The van der Waals surface area contributed by atoms with Crippen LogP contribution in [0.15, 0.2) is 24.3 Å². The minimum Gasteiger partial charge on any atom is -0.257 e. The second-order valence-corrected chi connectivity index (χ2v) is 14.0. The predicted molar refractivity (Wildman–Crippen MR) is 152 cm³/mol. The van der Waals surface area contributed by atoms with Crippen molar-refractivity contribution in [3.8, 4) is 0 Å². The molecule has 0 bridgehead atoms. The first-order valence-corrected chi connectivity index (χ1v) is 15.6. The maximum Gasteiger partial charge on any atom is 0.130 e. The summed E-state index contributed by atoms with van der Waals surface area (Å²) >= 11 is 0. The molecule has 1 aromatic carbocycles. The zero-order chi connectivity index (χ0) is 25.8. The van der Waals surface area contributed by atoms with Gasteiger partial charge in [-0.2, -0.15) is 0 Å². The monoisotopic (exact) mass is 501 g/mol. The van der Waals surface area contributed by atoms with Crippen molar-refractivity contribution >= 4 is 0 Å². The van der Waals surface area contributed by atoms with E-state index in [4.69, 9.17) is 4.98 Å². The highest BCUT2D eigenvalue weighted by Gasteiger charge is 2.45. The van der Waals surface area contributed by atoms with Gasteiger partial charge in [-0.3, -0.25) is 4.98 Å². The Morgan fingerprint density at radius 2 is 1.49 bits per heavy atom. The van der Waals surface area contributed by atoms with Crippen LogP contribution in [0.3, 0.4) is 0 Å². The van der Waals surface area contributed by atoms with E-state index in [1.54, 1.807) is 30.5 Å². The normalized spacial score (nSPS) is 25.2. The van der Waals surface area contributed by atoms with Gasteiger partial charge in [-0.15, -0.1) is 0 Å². The number of alkyl halides is 1. The largest absolute Gasteiger partial charge is 0.257 e. The number of halogens is 1. The van der Waals surface area contributed by atoms with E-state index < -0.39 is 5.67 Å². The van der Waals surface area contributed by atoms with Crippen LogP contribution < -0.4 is 0 Å². The summed E-state index contributed by atoms with van der Waals surface area (Å²) in [6.45, 7) is 8.27. The van der Waals surface area contributed by atoms with Crippen molar-refractivity contribution in [3.05, 3.63) is 63.5 Å². The van der Waals surface area contributed by atoms with Gasteiger partial charge in [0.2, 0.25) is 0 Å². The van der Waals surface area contributed by atoms with Crippen molar-refractivity contribution < 1.29 is 4.39 Å². The van der Waals surface area contributed by atoms with E-state index in [1.165, 1.54) is 107 Å². The number of fused-ring (bicyclic) bond motifs is 1. The van der Waals surface area contributed by atoms with Crippen molar-refractivity contribution in [2.75, 3.05) is 0 Å². The van der Waals surface area contributed by atoms with Gasteiger partial charge >= 0.3 is 0 Å². The standard InChI is InChI=1S/C35H48FN/c1-23-21-35(19-10-20-35)22-29-30(23)32(26-11-6-5-7-12-26)31(33(37-29)27-13-8-9-14-27)24(2)25-15-17-28(18-16-25)34(3,4)36/h15-18,23-24,26-27H,5-14,19-22H2,1-4H3. The van der Waals surface area contributed by atoms with E-state index in [0.29, 0.717) is 29.1 Å². The maximum atomic E-state index is 14.7. The molecule has 1 nitrogen and oxygen atoms in total. The van der Waals surface area contributed by atoms with Crippen molar-refractivity contribution in [3.63, 3.8) is 0 Å². The van der Waals surface area contributed by atoms with Crippen molar-refractivity contribution in [1.29, 1.82) is 0 Å². The zero-order valence-corrected chi connectivity index (χ0v) is 23.8. The zero-order valence-electron chi connectivity index (χ0n) is 23.8. The van der Waals surface area contributed by atoms with Crippen molar-refractivity contribution in [2.45, 2.75) is 147 Å². The molecule has 37 heavy (non-hydrogen) atoms. The van der Waals surface area contributed by atoms with Gasteiger partial charge in [0.05, 0.1) is 0 Å². The summed E-state index contributed by atoms with van der Waals surface area (Å²) < 4.78 is 14.7. The molecule has 6 rings (SSSR count). The van der Waals surface area contributed by atoms with Gasteiger partial charge in [0, 0.05) is 23.2 Å². The molecule has 200 valence electrons. The SMILES string of the molecule is CC1CC2(CCC2)Cc2nc(C3CCCC3)c(C(C)c3ccc(C(C)(C)F)cc3)c(C3CCCCC3)c21. The third-order valence-electron chi connectivity index (χ3n) is 10.9. The number of nitrogens with zero attached hydrogens (tertiary/aromatic N) is 1. The van der Waals surface area contributed by atoms with Gasteiger partial charge < -0.3 is 0 Å². The van der Waals surface area contributed by atoms with E-state index in [-0.39, 0.29) is 0 Å². The van der Waals surface area contributed by atoms with Crippen LogP contribution in [0, 0.1) is 5.41 Å². The van der Waals surface area contributed by atoms with Crippen LogP contribution in [0.4, 0.5) is 4.39 Å². The lowest BCUT2D eigenvalue weighted by Crippen LogP contribution is -2.38. The number of benzene rings is 1. The van der Waals surface area contributed by atoms with Crippen LogP contribution in [0.1, 0.15) is 174 Å². The van der Waals surface area contributed by atoms with Gasteiger partial charge in [-0.1, -0.05) is 76.6 Å². The molecule has 0 aliphatic heterocycles. The summed E-state index contributed by atoms with van der Waals surface area (Å²) in [6.07, 6.45) is 18.9. The molecule has 1 spiro atoms. The van der Waals surface area contributed by atoms with Crippen LogP contribution in [-0.2, 0) is 12.1 Å². The van der Waals surface area contributed by atoms with E-state index in [2.05, 4.69) is 26.0 Å². The average Bonchev–Trinajstić information content (AvgIpc) is 3.41. The molecule has 4 aliphatic carbocycles. The summed E-state index contributed by atoms with van der Waals surface area (Å²) in [4.78, 5) is 5.72. The molecule has 0 amide bonds. The third kappa shape index (κ3) is 4.70. The highest BCUT2D eigenvalue weighted by molar-refractivity contribution is 5.52. The van der Waals surface area contributed by atoms with E-state index in [1.807, 2.05) is 12.1 Å². The number of hydrogen-bond donors (Lipinski definition) is 0. The first kappa shape index (κ1) is 25.6. The topological polar surface area (TPSA) is 12.9 Å². The highest BCUT2D eigenvalue weighted by Crippen LogP contribution is 2.57. The second kappa shape index (κ2) is 9.80. The van der Waals surface area contributed by atoms with Crippen molar-refractivity contribution in [2.24, 2.45) is 5.41 Å². The number of hydrogen-bond acceptors (Lipinski definition) is 1. The summed E-state index contributed by atoms with van der Waals surface area (Å²) in [5.41, 5.74) is 9.27. The number of aromatic nitrogens is 1. The van der Waals surface area contributed by atoms with E-state index in [0.717, 1.165) is 5.56 Å². The molecule has 2 unspecified atom stereocenters. The number of rotatable bonds is 5. The Labute approximate surface area is 225 Å². The molecule has 2 aromatic rings. The average molecular weight is 502 g/mol. The van der Waals surface area contributed by atoms with E-state index >= 15 is 0 Å². The summed E-state index contributed by atoms with van der Waals surface area (Å²) in [6, 6.07) is 8.46. The fourth-order valence-electron chi connectivity index (χ4n) is 8.76. The molecule has 2 heteroatoms. The van der Waals surface area contributed by atoms with Crippen LogP contribution >= 0.6 is 0 Å². The minimum atomic E-state index is -1.30. The highest BCUT2D eigenvalue weighted by atomic mass is 19.1. The maximum absolute atomic E-state index is 14.7. The van der Waals surface area contributed by atoms with Gasteiger partial charge in [-0.25, -0.2) is 4.39 Å². The van der Waals surface area contributed by atoms with Crippen LogP contribution in [0.2, 0.25) is 0 Å². The minimum absolute atomic E-state index is 0.300. The van der Waals surface area contributed by atoms with E-state index in [9.17, 15) is 4.39 Å². The van der Waals surface area contributed by atoms with Crippen LogP contribution in [0.5, 0.6) is 0 Å². The summed E-state index contributed by atoms with van der Waals surface area (Å²) in [7, 11) is 0. The molecule has 4 aliphatic rings. The molecular weight excluding hydrogens is 453 g/mol. The van der Waals surface area contributed by atoms with Crippen LogP contribution in [0.25, 0.3) is 0 Å². The molecule has 2 atom stereocenters. The molecule has 3 fully saturated rings. The Kier molecular flexibility index (Phi) is 6.77. The third-order valence-corrected chi connectivity index (χ3v) is 10.9. The Balaban J connectivity index is 1.53. The van der Waals surface area contributed by atoms with Gasteiger partial charge in [-0.05, 0) is 110 Å². The first-order chi connectivity index (χ1) is 17.8. The smallest absolute Gasteiger partial charge is 0.130 e. The lowest BCUT2D eigenvalue weighted by atomic mass is 9.57. The van der Waals surface area contributed by atoms with Crippen molar-refractivity contribution in [1.82, 2.24) is 4.98 Å². The molecule has 0 N–H and O–H groups in total. The molecular formula is C35H48FN. The molecule has 0 radical (unpaired) electrons. The van der Waals surface area contributed by atoms with Gasteiger partial charge in [0.1, 0.15) is 5.67 Å². The first-order valence-electron chi connectivity index (χ1n) is 15.6. The summed E-state index contributed by atoms with van der Waals surface area (Å²) in [5, 5.41) is 0. The molecule has 0 saturated heterocycles. The second-order valence-electron chi connectivity index (χ2n) is 14.0. The molecule has 1 heterocycles. The fourth-order valence-corrected chi connectivity index (χ4v) is 8.76. The van der Waals surface area contributed by atoms with Gasteiger partial charge in [0.15, 0.2) is 0 Å². The quantitative estimate of drug-likeness (QED) is 0.397. The summed E-state index contributed by atoms with van der Waals surface area (Å²) in [5.74, 6) is 2.22. The predicted octanol–water partition coefficient (Wildman–Crippen LogP) is 10.4. The van der Waals surface area contributed by atoms with Crippen LogP contribution in [-0.4, -0.2) is 4.98 Å².